The Morgan fingerprint density at radius 3 is 2.74 bits per heavy atom. The number of aromatic nitrogens is 1. The summed E-state index contributed by atoms with van der Waals surface area (Å²) in [5.74, 6) is 1.33. The van der Waals surface area contributed by atoms with Gasteiger partial charge in [-0.25, -0.2) is 4.98 Å². The first-order chi connectivity index (χ1) is 13.0. The lowest BCUT2D eigenvalue weighted by atomic mass is 10.1. The molecule has 2 aromatic rings. The fourth-order valence-electron chi connectivity index (χ4n) is 2.53. The predicted molar refractivity (Wildman–Crippen MR) is 108 cm³/mol. The Morgan fingerprint density at radius 1 is 1.30 bits per heavy atom. The number of thiazole rings is 1. The number of anilines is 1. The normalized spacial score (nSPS) is 12.1. The molecule has 0 fully saturated rings. The number of carbonyl (C=O) groups is 1. The number of nitrogens with zero attached hydrogens (tertiary/aromatic N) is 2. The summed E-state index contributed by atoms with van der Waals surface area (Å²) in [7, 11) is 6.83. The van der Waals surface area contributed by atoms with E-state index in [1.165, 1.54) is 11.3 Å². The van der Waals surface area contributed by atoms with Crippen molar-refractivity contribution in [3.63, 3.8) is 0 Å². The van der Waals surface area contributed by atoms with E-state index in [9.17, 15) is 4.79 Å². The highest BCUT2D eigenvalue weighted by Gasteiger charge is 2.19. The van der Waals surface area contributed by atoms with Gasteiger partial charge in [-0.2, -0.15) is 0 Å². The van der Waals surface area contributed by atoms with E-state index < -0.39 is 0 Å². The zero-order chi connectivity index (χ0) is 19.8. The molecule has 0 aliphatic carbocycles. The minimum absolute atomic E-state index is 0.0894. The van der Waals surface area contributed by atoms with Crippen molar-refractivity contribution in [2.75, 3.05) is 46.8 Å². The molecule has 27 heavy (non-hydrogen) atoms. The smallest absolute Gasteiger partial charge is 0.243 e. The monoisotopic (exact) mass is 393 g/mol. The third kappa shape index (κ3) is 5.66. The number of hydrogen-bond donors (Lipinski definition) is 1. The molecule has 1 aromatic carbocycles. The van der Waals surface area contributed by atoms with Crippen LogP contribution in [0.3, 0.4) is 0 Å². The van der Waals surface area contributed by atoms with Crippen molar-refractivity contribution >= 4 is 22.4 Å². The molecule has 0 saturated heterocycles. The fraction of sp³-hybridized carbons (Fsp3) is 0.474. The molecule has 1 N–H and O–H groups in total. The van der Waals surface area contributed by atoms with Gasteiger partial charge in [0.05, 0.1) is 26.0 Å². The molecule has 8 heteroatoms. The van der Waals surface area contributed by atoms with Crippen molar-refractivity contribution in [1.29, 1.82) is 0 Å². The van der Waals surface area contributed by atoms with Gasteiger partial charge in [-0.1, -0.05) is 0 Å². The molecule has 0 spiro atoms. The largest absolute Gasteiger partial charge is 0.497 e. The quantitative estimate of drug-likeness (QED) is 0.625. The first kappa shape index (κ1) is 21.1. The van der Waals surface area contributed by atoms with Gasteiger partial charge in [-0.3, -0.25) is 9.69 Å². The van der Waals surface area contributed by atoms with E-state index in [1.807, 2.05) is 42.5 Å². The topological polar surface area (TPSA) is 72.9 Å². The van der Waals surface area contributed by atoms with Gasteiger partial charge < -0.3 is 19.5 Å². The van der Waals surface area contributed by atoms with Gasteiger partial charge in [0.2, 0.25) is 5.91 Å². The highest BCUT2D eigenvalue weighted by Crippen LogP contribution is 2.35. The lowest BCUT2D eigenvalue weighted by molar-refractivity contribution is -0.120. The lowest BCUT2D eigenvalue weighted by Crippen LogP contribution is -2.40. The van der Waals surface area contributed by atoms with E-state index in [4.69, 9.17) is 14.2 Å². The van der Waals surface area contributed by atoms with Crippen LogP contribution in [0.2, 0.25) is 0 Å². The molecule has 0 bridgehead atoms. The highest BCUT2D eigenvalue weighted by molar-refractivity contribution is 7.14. The number of likely N-dealkylation sites (N-methyl/N-ethyl adjacent to an activating group) is 1. The summed E-state index contributed by atoms with van der Waals surface area (Å²) in [5.41, 5.74) is 1.55. The summed E-state index contributed by atoms with van der Waals surface area (Å²) >= 11 is 1.38. The first-order valence-electron chi connectivity index (χ1n) is 8.68. The van der Waals surface area contributed by atoms with Crippen molar-refractivity contribution in [2.45, 2.75) is 19.4 Å². The third-order valence-corrected chi connectivity index (χ3v) is 5.07. The summed E-state index contributed by atoms with van der Waals surface area (Å²) in [6, 6.07) is 5.27. The minimum Gasteiger partial charge on any atom is -0.497 e. The Bertz CT molecular complexity index is 750. The van der Waals surface area contributed by atoms with Crippen LogP contribution in [0, 0.1) is 0 Å². The van der Waals surface area contributed by atoms with Crippen molar-refractivity contribution in [2.24, 2.45) is 0 Å². The zero-order valence-corrected chi connectivity index (χ0v) is 17.3. The van der Waals surface area contributed by atoms with Crippen LogP contribution < -0.4 is 14.8 Å². The van der Waals surface area contributed by atoms with E-state index >= 15 is 0 Å². The number of rotatable bonds is 10. The first-order valence-corrected chi connectivity index (χ1v) is 9.56. The summed E-state index contributed by atoms with van der Waals surface area (Å²) in [4.78, 5) is 19.0. The number of ether oxygens (including phenoxy) is 3. The third-order valence-electron chi connectivity index (χ3n) is 4.32. The molecule has 1 heterocycles. The van der Waals surface area contributed by atoms with Gasteiger partial charge in [0.25, 0.3) is 0 Å². The molecule has 1 amide bonds. The standard InChI is InChI=1S/C19H27N3O4S/c1-13(22(2)9-6-10-24-3)18(23)21-19-20-16(12-27-19)15-11-14(25-4)7-8-17(15)26-5/h7-8,11-13H,6,9-10H2,1-5H3,(H,20,21,23). The Balaban J connectivity index is 2.06. The van der Waals surface area contributed by atoms with E-state index in [0.717, 1.165) is 30.0 Å². The van der Waals surface area contributed by atoms with Crippen LogP contribution in [0.25, 0.3) is 11.3 Å². The molecule has 0 aliphatic rings. The van der Waals surface area contributed by atoms with Crippen LogP contribution in [0.1, 0.15) is 13.3 Å². The second kappa shape index (κ2) is 10.2. The number of methoxy groups -OCH3 is 3. The lowest BCUT2D eigenvalue weighted by Gasteiger charge is -2.23. The maximum Gasteiger partial charge on any atom is 0.243 e. The van der Waals surface area contributed by atoms with E-state index in [1.54, 1.807) is 21.3 Å². The van der Waals surface area contributed by atoms with Crippen molar-refractivity contribution in [3.8, 4) is 22.8 Å². The second-order valence-corrected chi connectivity index (χ2v) is 6.95. The van der Waals surface area contributed by atoms with Gasteiger partial charge in [0, 0.05) is 31.2 Å². The fourth-order valence-corrected chi connectivity index (χ4v) is 3.24. The Labute approximate surface area is 164 Å². The molecule has 1 atom stereocenters. The average molecular weight is 394 g/mol. The van der Waals surface area contributed by atoms with Crippen LogP contribution in [-0.2, 0) is 9.53 Å². The maximum atomic E-state index is 12.5. The molecule has 0 saturated carbocycles. The summed E-state index contributed by atoms with van der Waals surface area (Å²) in [5, 5.41) is 5.33. The second-order valence-electron chi connectivity index (χ2n) is 6.10. The molecular weight excluding hydrogens is 366 g/mol. The summed E-state index contributed by atoms with van der Waals surface area (Å²) in [6.45, 7) is 3.34. The van der Waals surface area contributed by atoms with Crippen LogP contribution in [0.4, 0.5) is 5.13 Å². The summed E-state index contributed by atoms with van der Waals surface area (Å²) < 4.78 is 15.7. The predicted octanol–water partition coefficient (Wildman–Crippen LogP) is 3.12. The molecule has 1 unspecified atom stereocenters. The number of nitrogens with one attached hydrogen (secondary N) is 1. The molecule has 7 nitrogen and oxygen atoms in total. The van der Waals surface area contributed by atoms with Gasteiger partial charge in [-0.15, -0.1) is 11.3 Å². The zero-order valence-electron chi connectivity index (χ0n) is 16.4. The van der Waals surface area contributed by atoms with Crippen molar-refractivity contribution < 1.29 is 19.0 Å². The maximum absolute atomic E-state index is 12.5. The van der Waals surface area contributed by atoms with Crippen molar-refractivity contribution in [1.82, 2.24) is 9.88 Å². The Morgan fingerprint density at radius 2 is 2.07 bits per heavy atom. The molecule has 0 aliphatic heterocycles. The molecule has 2 rings (SSSR count). The van der Waals surface area contributed by atoms with Crippen LogP contribution in [0.5, 0.6) is 11.5 Å². The Hall–Kier alpha value is -2.16. The van der Waals surface area contributed by atoms with E-state index in [0.29, 0.717) is 17.5 Å². The average Bonchev–Trinajstić information content (AvgIpc) is 3.15. The summed E-state index contributed by atoms with van der Waals surface area (Å²) in [6.07, 6.45) is 0.877. The van der Waals surface area contributed by atoms with Crippen LogP contribution in [0.15, 0.2) is 23.6 Å². The van der Waals surface area contributed by atoms with Crippen LogP contribution in [-0.4, -0.2) is 63.4 Å². The number of benzene rings is 1. The number of carbonyl (C=O) groups excluding carboxylic acids is 1. The van der Waals surface area contributed by atoms with E-state index in [-0.39, 0.29) is 11.9 Å². The van der Waals surface area contributed by atoms with Gasteiger partial charge >= 0.3 is 0 Å². The number of amides is 1. The number of hydrogen-bond acceptors (Lipinski definition) is 7. The minimum atomic E-state index is -0.263. The van der Waals surface area contributed by atoms with Crippen molar-refractivity contribution in [3.05, 3.63) is 23.6 Å². The highest BCUT2D eigenvalue weighted by atomic mass is 32.1. The van der Waals surface area contributed by atoms with Crippen LogP contribution >= 0.6 is 11.3 Å². The van der Waals surface area contributed by atoms with Gasteiger partial charge in [0.15, 0.2) is 5.13 Å². The van der Waals surface area contributed by atoms with Gasteiger partial charge in [-0.05, 0) is 38.6 Å². The molecule has 1 aromatic heterocycles. The molecular formula is C19H27N3O4S. The van der Waals surface area contributed by atoms with Gasteiger partial charge in [0.1, 0.15) is 11.5 Å². The molecule has 148 valence electrons. The van der Waals surface area contributed by atoms with E-state index in [2.05, 4.69) is 10.3 Å². The SMILES string of the molecule is COCCCN(C)C(C)C(=O)Nc1nc(-c2cc(OC)ccc2OC)cs1. The Kier molecular flexibility index (Phi) is 8.02. The molecule has 0 radical (unpaired) electrons.